The molecule has 1 saturated heterocycles. The van der Waals surface area contributed by atoms with E-state index in [-0.39, 0.29) is 40.2 Å². The van der Waals surface area contributed by atoms with Crippen LogP contribution in [0.15, 0.2) is 17.1 Å². The molecule has 4 atom stereocenters. The number of hydrogen-bond donors (Lipinski definition) is 2. The molecule has 0 radical (unpaired) electrons. The average Bonchev–Trinajstić information content (AvgIpc) is 3.16. The number of carboxylic acids is 1. The van der Waals surface area contributed by atoms with Crippen LogP contribution in [-0.4, -0.2) is 47.6 Å². The lowest BCUT2D eigenvalue weighted by Gasteiger charge is -2.27. The number of methoxy groups -OCH3 is 1. The van der Waals surface area contributed by atoms with E-state index in [2.05, 4.69) is 0 Å². The van der Waals surface area contributed by atoms with Crippen LogP contribution in [0.1, 0.15) is 42.1 Å². The van der Waals surface area contributed by atoms with E-state index in [1.165, 1.54) is 11.7 Å². The Morgan fingerprint density at radius 2 is 2.17 bits per heavy atom. The van der Waals surface area contributed by atoms with E-state index in [1.807, 2.05) is 4.90 Å². The minimum atomic E-state index is -1.44. The van der Waals surface area contributed by atoms with Gasteiger partial charge in [0.25, 0.3) is 0 Å². The third-order valence-corrected chi connectivity index (χ3v) is 6.92. The summed E-state index contributed by atoms with van der Waals surface area (Å²) in [4.78, 5) is 26.2. The number of nitrogens with zero attached hydrogens (tertiary/aromatic N) is 2. The largest absolute Gasteiger partial charge is 0.492 e. The van der Waals surface area contributed by atoms with Gasteiger partial charge in [0.05, 0.1) is 24.1 Å². The highest BCUT2D eigenvalue weighted by Crippen LogP contribution is 2.48. The second-order valence-corrected chi connectivity index (χ2v) is 8.74. The van der Waals surface area contributed by atoms with Gasteiger partial charge in [-0.1, -0.05) is 6.42 Å². The van der Waals surface area contributed by atoms with Crippen LogP contribution in [0.25, 0.3) is 10.9 Å². The quantitative estimate of drug-likeness (QED) is 0.790. The number of halogens is 2. The standard InChI is InChI=1S/C21H23F2N3O4/c1-30-19-16-11(18(27)12(20(28)29)8-26(16)15-6-13(15)22)5-14(23)17(19)25-7-10-3-2-4-21(10,24)9-25/h5,8,10,13,15H,2-4,6-7,9,24H2,1H3,(H,28,29)/t10-,13+,15?,21-/m1/s1. The van der Waals surface area contributed by atoms with Crippen molar-refractivity contribution in [3.05, 3.63) is 33.9 Å². The van der Waals surface area contributed by atoms with Gasteiger partial charge in [0.15, 0.2) is 11.6 Å². The van der Waals surface area contributed by atoms with Crippen molar-refractivity contribution in [1.29, 1.82) is 0 Å². The SMILES string of the molecule is COc1c(N2C[C@H]3CCC[C@@]3(N)C2)c(F)cc2c(=O)c(C(=O)O)cn(C3C[C@@H]3F)c12. The normalized spacial score (nSPS) is 30.0. The lowest BCUT2D eigenvalue weighted by molar-refractivity contribution is 0.0694. The molecule has 5 rings (SSSR count). The number of ether oxygens (including phenoxy) is 1. The first-order valence-electron chi connectivity index (χ1n) is 10.1. The molecule has 0 spiro atoms. The zero-order chi connectivity index (χ0) is 21.4. The Hall–Kier alpha value is -2.68. The number of pyridine rings is 1. The van der Waals surface area contributed by atoms with Crippen LogP contribution < -0.4 is 20.8 Å². The van der Waals surface area contributed by atoms with Crippen molar-refractivity contribution in [1.82, 2.24) is 4.57 Å². The second-order valence-electron chi connectivity index (χ2n) is 8.74. The van der Waals surface area contributed by atoms with E-state index in [4.69, 9.17) is 10.5 Å². The minimum absolute atomic E-state index is 0.113. The van der Waals surface area contributed by atoms with Crippen LogP contribution in [0, 0.1) is 11.7 Å². The van der Waals surface area contributed by atoms with Crippen molar-refractivity contribution >= 4 is 22.6 Å². The molecule has 1 aliphatic heterocycles. The number of alkyl halides is 1. The minimum Gasteiger partial charge on any atom is -0.492 e. The Balaban J connectivity index is 1.76. The number of carbonyl (C=O) groups is 1. The zero-order valence-electron chi connectivity index (χ0n) is 16.5. The molecule has 3 N–H and O–H groups in total. The molecular weight excluding hydrogens is 396 g/mol. The number of aromatic carboxylic acids is 1. The maximum absolute atomic E-state index is 15.3. The Morgan fingerprint density at radius 3 is 2.77 bits per heavy atom. The lowest BCUT2D eigenvalue weighted by atomic mass is 9.92. The molecule has 0 bridgehead atoms. The van der Waals surface area contributed by atoms with Crippen LogP contribution in [0.4, 0.5) is 14.5 Å². The summed E-state index contributed by atoms with van der Waals surface area (Å²) < 4.78 is 36.3. The number of carboxylic acid groups (broad SMARTS) is 1. The van der Waals surface area contributed by atoms with Crippen molar-refractivity contribution in [3.63, 3.8) is 0 Å². The summed E-state index contributed by atoms with van der Waals surface area (Å²) >= 11 is 0. The van der Waals surface area contributed by atoms with Crippen molar-refractivity contribution in [2.24, 2.45) is 11.7 Å². The molecule has 1 unspecified atom stereocenters. The molecule has 1 aromatic carbocycles. The summed E-state index contributed by atoms with van der Waals surface area (Å²) in [6.45, 7) is 1.03. The van der Waals surface area contributed by atoms with Gasteiger partial charge in [0, 0.05) is 31.2 Å². The molecule has 2 aliphatic carbocycles. The monoisotopic (exact) mass is 419 g/mol. The topological polar surface area (TPSA) is 97.8 Å². The average molecular weight is 419 g/mol. The number of aromatic nitrogens is 1. The first-order valence-corrected chi connectivity index (χ1v) is 10.1. The number of benzene rings is 1. The van der Waals surface area contributed by atoms with Gasteiger partial charge >= 0.3 is 5.97 Å². The van der Waals surface area contributed by atoms with Gasteiger partial charge in [0.1, 0.15) is 17.4 Å². The molecule has 2 saturated carbocycles. The van der Waals surface area contributed by atoms with E-state index in [9.17, 15) is 19.1 Å². The van der Waals surface area contributed by atoms with E-state index in [0.717, 1.165) is 31.5 Å². The predicted octanol–water partition coefficient (Wildman–Crippen LogP) is 2.45. The van der Waals surface area contributed by atoms with Gasteiger partial charge in [-0.05, 0) is 24.8 Å². The fourth-order valence-corrected chi connectivity index (χ4v) is 5.29. The molecular formula is C21H23F2N3O4. The molecule has 160 valence electrons. The highest BCUT2D eigenvalue weighted by Gasteiger charge is 2.48. The third-order valence-electron chi connectivity index (χ3n) is 6.92. The summed E-state index contributed by atoms with van der Waals surface area (Å²) in [6, 6.07) is 0.433. The van der Waals surface area contributed by atoms with E-state index in [1.54, 1.807) is 0 Å². The number of anilines is 1. The van der Waals surface area contributed by atoms with Gasteiger partial charge in [-0.2, -0.15) is 0 Å². The summed E-state index contributed by atoms with van der Waals surface area (Å²) in [5.74, 6) is -1.76. The third kappa shape index (κ3) is 2.64. The molecule has 3 fully saturated rings. The summed E-state index contributed by atoms with van der Waals surface area (Å²) in [5, 5.41) is 9.28. The molecule has 2 heterocycles. The number of hydrogen-bond acceptors (Lipinski definition) is 5. The molecule has 0 amide bonds. The molecule has 7 nitrogen and oxygen atoms in total. The number of nitrogens with two attached hydrogens (primary N) is 1. The maximum atomic E-state index is 15.3. The Morgan fingerprint density at radius 1 is 1.43 bits per heavy atom. The number of fused-ring (bicyclic) bond motifs is 2. The highest BCUT2D eigenvalue weighted by molar-refractivity contribution is 5.97. The molecule has 1 aromatic heterocycles. The van der Waals surface area contributed by atoms with Crippen LogP contribution in [0.3, 0.4) is 0 Å². The first kappa shape index (κ1) is 19.3. The van der Waals surface area contributed by atoms with Crippen LogP contribution >= 0.6 is 0 Å². The van der Waals surface area contributed by atoms with Gasteiger partial charge in [-0.25, -0.2) is 13.6 Å². The van der Waals surface area contributed by atoms with Crippen LogP contribution in [0.5, 0.6) is 5.75 Å². The van der Waals surface area contributed by atoms with Crippen molar-refractivity contribution < 1.29 is 23.4 Å². The molecule has 3 aliphatic rings. The lowest BCUT2D eigenvalue weighted by Crippen LogP contribution is -2.44. The zero-order valence-corrected chi connectivity index (χ0v) is 16.5. The summed E-state index contributed by atoms with van der Waals surface area (Å²) in [7, 11) is 1.37. The van der Waals surface area contributed by atoms with Gasteiger partial charge in [-0.15, -0.1) is 0 Å². The van der Waals surface area contributed by atoms with Gasteiger partial charge in [-0.3, -0.25) is 4.79 Å². The second kappa shape index (κ2) is 6.41. The Bertz CT molecular complexity index is 1130. The van der Waals surface area contributed by atoms with Crippen molar-refractivity contribution in [2.45, 2.75) is 43.4 Å². The van der Waals surface area contributed by atoms with E-state index >= 15 is 4.39 Å². The maximum Gasteiger partial charge on any atom is 0.341 e. The molecule has 30 heavy (non-hydrogen) atoms. The van der Waals surface area contributed by atoms with Crippen LogP contribution in [0.2, 0.25) is 0 Å². The highest BCUT2D eigenvalue weighted by atomic mass is 19.1. The van der Waals surface area contributed by atoms with E-state index < -0.39 is 35.0 Å². The molecule has 9 heteroatoms. The van der Waals surface area contributed by atoms with E-state index in [0.29, 0.717) is 13.1 Å². The van der Waals surface area contributed by atoms with Crippen LogP contribution in [-0.2, 0) is 0 Å². The smallest absolute Gasteiger partial charge is 0.341 e. The van der Waals surface area contributed by atoms with Crippen molar-refractivity contribution in [3.8, 4) is 5.75 Å². The summed E-state index contributed by atoms with van der Waals surface area (Å²) in [5.41, 5.74) is 5.24. The number of rotatable bonds is 4. The van der Waals surface area contributed by atoms with Crippen molar-refractivity contribution in [2.75, 3.05) is 25.1 Å². The van der Waals surface area contributed by atoms with Gasteiger partial charge < -0.3 is 25.0 Å². The fraction of sp³-hybridized carbons (Fsp3) is 0.524. The predicted molar refractivity (Wildman–Crippen MR) is 107 cm³/mol. The van der Waals surface area contributed by atoms with Gasteiger partial charge in [0.2, 0.25) is 5.43 Å². The summed E-state index contributed by atoms with van der Waals surface area (Å²) in [6.07, 6.45) is 3.07. The fourth-order valence-electron chi connectivity index (χ4n) is 5.29. The Kier molecular flexibility index (Phi) is 4.12. The Labute approximate surface area is 171 Å². The molecule has 2 aromatic rings. The first-order chi connectivity index (χ1) is 14.2.